The number of thiazole rings is 1. The Labute approximate surface area is 155 Å². The molecule has 0 fully saturated rings. The molecule has 0 amide bonds. The first-order valence-electron chi connectivity index (χ1n) is 7.85. The average Bonchev–Trinajstić information content (AvgIpc) is 3.31. The predicted molar refractivity (Wildman–Crippen MR) is 101 cm³/mol. The number of rotatable bonds is 8. The van der Waals surface area contributed by atoms with Gasteiger partial charge in [-0.25, -0.2) is 9.97 Å². The highest BCUT2D eigenvalue weighted by molar-refractivity contribution is 7.09. The molecule has 0 saturated heterocycles. The van der Waals surface area contributed by atoms with Gasteiger partial charge in [-0.2, -0.15) is 0 Å². The van der Waals surface area contributed by atoms with Gasteiger partial charge in [-0.05, 0) is 11.6 Å². The van der Waals surface area contributed by atoms with Gasteiger partial charge in [-0.1, -0.05) is 30.5 Å². The first-order valence-corrected chi connectivity index (χ1v) is 8.73. The molecule has 26 heavy (non-hydrogen) atoms. The number of hydrogen-bond donors (Lipinski definition) is 1. The maximum absolute atomic E-state index is 5.77. The van der Waals surface area contributed by atoms with Crippen LogP contribution in [-0.2, 0) is 13.0 Å². The van der Waals surface area contributed by atoms with E-state index in [1.165, 1.54) is 0 Å². The van der Waals surface area contributed by atoms with Crippen LogP contribution in [-0.4, -0.2) is 15.1 Å². The summed E-state index contributed by atoms with van der Waals surface area (Å²) in [5.74, 6) is 1.11. The van der Waals surface area contributed by atoms with Gasteiger partial charge in [0, 0.05) is 47.6 Å². The van der Waals surface area contributed by atoms with Gasteiger partial charge in [0.15, 0.2) is 5.76 Å². The number of allylic oxidation sites excluding steroid dienone is 3. The van der Waals surface area contributed by atoms with Gasteiger partial charge in [0.25, 0.3) is 0 Å². The molecule has 0 unspecified atom stereocenters. The van der Waals surface area contributed by atoms with E-state index in [2.05, 4.69) is 28.3 Å². The molecule has 0 radical (unpaired) electrons. The van der Waals surface area contributed by atoms with Crippen molar-refractivity contribution in [2.45, 2.75) is 13.0 Å². The number of aromatic nitrogens is 3. The summed E-state index contributed by atoms with van der Waals surface area (Å²) in [6.45, 7) is 7.81. The van der Waals surface area contributed by atoms with Crippen molar-refractivity contribution in [3.8, 4) is 5.88 Å². The topological polar surface area (TPSA) is 87.1 Å². The van der Waals surface area contributed by atoms with Crippen LogP contribution in [0.3, 0.4) is 0 Å². The lowest BCUT2D eigenvalue weighted by molar-refractivity contribution is 0.293. The minimum atomic E-state index is 0.399. The summed E-state index contributed by atoms with van der Waals surface area (Å²) in [5.41, 5.74) is 8.60. The zero-order chi connectivity index (χ0) is 18.4. The SMILES string of the molecule is C=C/C=C(\C(=C)N)c1cc(Cc2ccc(OCc3nccs3)nc2)no1. The lowest BCUT2D eigenvalue weighted by Gasteiger charge is -2.03. The summed E-state index contributed by atoms with van der Waals surface area (Å²) in [7, 11) is 0. The first kappa shape index (κ1) is 17.6. The van der Waals surface area contributed by atoms with E-state index >= 15 is 0 Å². The number of nitrogens with two attached hydrogens (primary N) is 1. The van der Waals surface area contributed by atoms with Gasteiger partial charge < -0.3 is 15.0 Å². The summed E-state index contributed by atoms with van der Waals surface area (Å²) in [5, 5.41) is 6.90. The molecular weight excluding hydrogens is 348 g/mol. The minimum Gasteiger partial charge on any atom is -0.470 e. The van der Waals surface area contributed by atoms with E-state index in [-0.39, 0.29) is 0 Å². The van der Waals surface area contributed by atoms with Crippen LogP contribution in [0.5, 0.6) is 5.88 Å². The zero-order valence-electron chi connectivity index (χ0n) is 14.1. The van der Waals surface area contributed by atoms with Gasteiger partial charge in [0.2, 0.25) is 5.88 Å². The largest absolute Gasteiger partial charge is 0.470 e. The summed E-state index contributed by atoms with van der Waals surface area (Å²) in [4.78, 5) is 8.48. The van der Waals surface area contributed by atoms with Gasteiger partial charge in [-0.3, -0.25) is 0 Å². The van der Waals surface area contributed by atoms with Crippen LogP contribution in [0.25, 0.3) is 5.57 Å². The highest BCUT2D eigenvalue weighted by Crippen LogP contribution is 2.21. The fourth-order valence-electron chi connectivity index (χ4n) is 2.26. The van der Waals surface area contributed by atoms with Crippen LogP contribution < -0.4 is 10.5 Å². The molecule has 3 rings (SSSR count). The molecule has 6 nitrogen and oxygen atoms in total. The average molecular weight is 366 g/mol. The molecule has 2 N–H and O–H groups in total. The molecule has 0 saturated carbocycles. The molecule has 132 valence electrons. The maximum atomic E-state index is 5.77. The third kappa shape index (κ3) is 4.46. The monoisotopic (exact) mass is 366 g/mol. The molecule has 0 atom stereocenters. The number of ether oxygens (including phenoxy) is 1. The Hall–Kier alpha value is -3.19. The second-order valence-electron chi connectivity index (χ2n) is 5.42. The fourth-order valence-corrected chi connectivity index (χ4v) is 2.78. The summed E-state index contributed by atoms with van der Waals surface area (Å²) in [6.07, 6.45) is 7.46. The molecule has 0 aliphatic heterocycles. The summed E-state index contributed by atoms with van der Waals surface area (Å²) >= 11 is 1.55. The van der Waals surface area contributed by atoms with Gasteiger partial charge in [0.1, 0.15) is 11.6 Å². The van der Waals surface area contributed by atoms with Crippen molar-refractivity contribution in [1.82, 2.24) is 15.1 Å². The third-order valence-electron chi connectivity index (χ3n) is 3.46. The van der Waals surface area contributed by atoms with Crippen LogP contribution >= 0.6 is 11.3 Å². The molecule has 3 aromatic heterocycles. The highest BCUT2D eigenvalue weighted by atomic mass is 32.1. The number of hydrogen-bond acceptors (Lipinski definition) is 7. The lowest BCUT2D eigenvalue weighted by Crippen LogP contribution is -1.98. The normalized spacial score (nSPS) is 11.3. The number of nitrogens with zero attached hydrogens (tertiary/aromatic N) is 3. The van der Waals surface area contributed by atoms with Crippen molar-refractivity contribution >= 4 is 16.9 Å². The Balaban J connectivity index is 1.63. The molecule has 3 aromatic rings. The Kier molecular flexibility index (Phi) is 5.60. The van der Waals surface area contributed by atoms with Crippen LogP contribution in [0.15, 0.2) is 71.5 Å². The van der Waals surface area contributed by atoms with Crippen molar-refractivity contribution < 1.29 is 9.26 Å². The molecule has 3 heterocycles. The van der Waals surface area contributed by atoms with E-state index < -0.39 is 0 Å². The Bertz CT molecular complexity index is 911. The molecule has 0 aliphatic carbocycles. The molecular formula is C19H18N4O2S. The first-order chi connectivity index (χ1) is 12.7. The van der Waals surface area contributed by atoms with Crippen molar-refractivity contribution in [2.75, 3.05) is 0 Å². The van der Waals surface area contributed by atoms with Crippen molar-refractivity contribution in [1.29, 1.82) is 0 Å². The summed E-state index contributed by atoms with van der Waals surface area (Å²) < 4.78 is 11.0. The second-order valence-corrected chi connectivity index (χ2v) is 6.40. The summed E-state index contributed by atoms with van der Waals surface area (Å²) in [6, 6.07) is 5.61. The Morgan fingerprint density at radius 1 is 1.35 bits per heavy atom. The van der Waals surface area contributed by atoms with Gasteiger partial charge in [0.05, 0.1) is 5.69 Å². The third-order valence-corrected chi connectivity index (χ3v) is 4.22. The maximum Gasteiger partial charge on any atom is 0.213 e. The van der Waals surface area contributed by atoms with Gasteiger partial charge in [-0.15, -0.1) is 11.3 Å². The molecule has 0 bridgehead atoms. The zero-order valence-corrected chi connectivity index (χ0v) is 14.9. The van der Waals surface area contributed by atoms with Crippen molar-refractivity contribution in [2.24, 2.45) is 5.73 Å². The second kappa shape index (κ2) is 8.26. The van der Waals surface area contributed by atoms with Crippen molar-refractivity contribution in [3.63, 3.8) is 0 Å². The van der Waals surface area contributed by atoms with Crippen LogP contribution in [0.2, 0.25) is 0 Å². The van der Waals surface area contributed by atoms with E-state index in [0.717, 1.165) is 16.3 Å². The molecule has 7 heteroatoms. The lowest BCUT2D eigenvalue weighted by atomic mass is 10.1. The number of pyridine rings is 1. The van der Waals surface area contributed by atoms with E-state index in [1.807, 2.05) is 23.6 Å². The van der Waals surface area contributed by atoms with E-state index in [1.54, 1.807) is 35.9 Å². The Morgan fingerprint density at radius 3 is 2.88 bits per heavy atom. The fraction of sp³-hybridized carbons (Fsp3) is 0.105. The molecule has 0 aliphatic rings. The smallest absolute Gasteiger partial charge is 0.213 e. The van der Waals surface area contributed by atoms with Crippen LogP contribution in [0, 0.1) is 0 Å². The minimum absolute atomic E-state index is 0.399. The highest BCUT2D eigenvalue weighted by Gasteiger charge is 2.11. The molecule has 0 spiro atoms. The molecule has 0 aromatic carbocycles. The quantitative estimate of drug-likeness (QED) is 0.611. The van der Waals surface area contributed by atoms with Crippen LogP contribution in [0.1, 0.15) is 22.0 Å². The van der Waals surface area contributed by atoms with Crippen molar-refractivity contribution in [3.05, 3.63) is 89.0 Å². The van der Waals surface area contributed by atoms with Crippen LogP contribution in [0.4, 0.5) is 0 Å². The predicted octanol–water partition coefficient (Wildman–Crippen LogP) is 3.74. The van der Waals surface area contributed by atoms with E-state index in [0.29, 0.717) is 35.9 Å². The van der Waals surface area contributed by atoms with E-state index in [4.69, 9.17) is 15.0 Å². The Morgan fingerprint density at radius 2 is 2.23 bits per heavy atom. The standard InChI is InChI=1S/C19H18N4O2S/c1-3-4-16(13(2)20)17-10-15(23-25-17)9-14-5-6-18(22-11-14)24-12-19-21-7-8-26-19/h3-8,10-11H,1-2,9,12,20H2/b16-4+. The van der Waals surface area contributed by atoms with E-state index in [9.17, 15) is 0 Å². The van der Waals surface area contributed by atoms with Gasteiger partial charge >= 0.3 is 0 Å².